The number of benzene rings is 2. The molecule has 0 radical (unpaired) electrons. The smallest absolute Gasteiger partial charge is 0.243 e. The molecule has 1 fully saturated rings. The highest BCUT2D eigenvalue weighted by molar-refractivity contribution is 7.89. The van der Waals surface area contributed by atoms with Gasteiger partial charge in [-0.15, -0.1) is 0 Å². The number of piperidine rings is 1. The van der Waals surface area contributed by atoms with Gasteiger partial charge in [0.05, 0.1) is 9.79 Å². The Morgan fingerprint density at radius 1 is 0.968 bits per heavy atom. The van der Waals surface area contributed by atoms with Gasteiger partial charge in [0, 0.05) is 24.7 Å². The zero-order chi connectivity index (χ0) is 22.6. The summed E-state index contributed by atoms with van der Waals surface area (Å²) < 4.78 is 55.5. The van der Waals surface area contributed by atoms with E-state index in [1.165, 1.54) is 35.5 Å². The van der Waals surface area contributed by atoms with Gasteiger partial charge in [-0.2, -0.15) is 4.31 Å². The molecule has 2 aromatic rings. The summed E-state index contributed by atoms with van der Waals surface area (Å²) in [7, 11) is -7.38. The fraction of sp³-hybridized carbons (Fsp3) is 0.409. The zero-order valence-electron chi connectivity index (χ0n) is 17.7. The van der Waals surface area contributed by atoms with Crippen molar-refractivity contribution in [3.05, 3.63) is 59.7 Å². The Kier molecular flexibility index (Phi) is 7.31. The van der Waals surface area contributed by atoms with Gasteiger partial charge in [-0.1, -0.05) is 36.2 Å². The lowest BCUT2D eigenvalue weighted by Gasteiger charge is -2.34. The Morgan fingerprint density at radius 3 is 2.19 bits per heavy atom. The van der Waals surface area contributed by atoms with Crippen LogP contribution in [-0.4, -0.2) is 46.1 Å². The molecule has 1 saturated heterocycles. The standard InChI is InChI=1S/C22H28N2O5S2/c1-17-6-10-22(11-7-17)31(28,29)24-16-4-3-5-20(24)14-15-23-30(26,27)21-12-8-19(9-13-21)18(2)25/h6-13,20,23H,3-5,14-16H2,1-2H3. The molecule has 7 nitrogen and oxygen atoms in total. The molecule has 1 aliphatic rings. The largest absolute Gasteiger partial charge is 0.295 e. The number of hydrogen-bond acceptors (Lipinski definition) is 5. The molecule has 1 aliphatic heterocycles. The first-order valence-corrected chi connectivity index (χ1v) is 13.2. The summed E-state index contributed by atoms with van der Waals surface area (Å²) in [5.74, 6) is -0.135. The number of aryl methyl sites for hydroxylation is 1. The maximum Gasteiger partial charge on any atom is 0.243 e. The van der Waals surface area contributed by atoms with E-state index in [1.807, 2.05) is 6.92 Å². The number of nitrogens with zero attached hydrogens (tertiary/aromatic N) is 1. The summed E-state index contributed by atoms with van der Waals surface area (Å²) in [5.41, 5.74) is 1.43. The SMILES string of the molecule is CC(=O)c1ccc(S(=O)(=O)NCCC2CCCCN2S(=O)(=O)c2ccc(C)cc2)cc1. The minimum absolute atomic E-state index is 0.0743. The van der Waals surface area contributed by atoms with Crippen LogP contribution >= 0.6 is 0 Å². The van der Waals surface area contributed by atoms with Crippen molar-refractivity contribution in [1.82, 2.24) is 9.03 Å². The second-order valence-electron chi connectivity index (χ2n) is 7.85. The Morgan fingerprint density at radius 2 is 1.58 bits per heavy atom. The number of ketones is 1. The van der Waals surface area contributed by atoms with Gasteiger partial charge in [0.1, 0.15) is 0 Å². The Hall–Kier alpha value is -2.07. The van der Waals surface area contributed by atoms with Crippen LogP contribution in [-0.2, 0) is 20.0 Å². The second-order valence-corrected chi connectivity index (χ2v) is 11.5. The number of sulfonamides is 2. The van der Waals surface area contributed by atoms with E-state index in [9.17, 15) is 21.6 Å². The van der Waals surface area contributed by atoms with E-state index in [2.05, 4.69) is 4.72 Å². The van der Waals surface area contributed by atoms with E-state index < -0.39 is 20.0 Å². The van der Waals surface area contributed by atoms with Crippen molar-refractivity contribution in [2.24, 2.45) is 0 Å². The maximum atomic E-state index is 13.1. The molecule has 0 spiro atoms. The molecule has 1 unspecified atom stereocenters. The summed E-state index contributed by atoms with van der Waals surface area (Å²) in [6, 6.07) is 12.3. The average molecular weight is 465 g/mol. The summed E-state index contributed by atoms with van der Waals surface area (Å²) >= 11 is 0. The fourth-order valence-corrected chi connectivity index (χ4v) is 6.51. The Labute approximate surface area is 184 Å². The van der Waals surface area contributed by atoms with E-state index in [0.717, 1.165) is 18.4 Å². The van der Waals surface area contributed by atoms with Gasteiger partial charge < -0.3 is 0 Å². The number of nitrogens with one attached hydrogen (secondary N) is 1. The van der Waals surface area contributed by atoms with Crippen molar-refractivity contribution in [3.8, 4) is 0 Å². The molecule has 1 atom stereocenters. The maximum absolute atomic E-state index is 13.1. The predicted molar refractivity (Wildman–Crippen MR) is 119 cm³/mol. The molecule has 9 heteroatoms. The molecule has 1 N–H and O–H groups in total. The van der Waals surface area contributed by atoms with Gasteiger partial charge in [0.25, 0.3) is 0 Å². The van der Waals surface area contributed by atoms with E-state index in [0.29, 0.717) is 24.9 Å². The van der Waals surface area contributed by atoms with Gasteiger partial charge in [-0.3, -0.25) is 4.79 Å². The second kappa shape index (κ2) is 9.60. The highest BCUT2D eigenvalue weighted by atomic mass is 32.2. The van der Waals surface area contributed by atoms with E-state index >= 15 is 0 Å². The molecule has 168 valence electrons. The molecule has 0 aromatic heterocycles. The van der Waals surface area contributed by atoms with Gasteiger partial charge in [-0.05, 0) is 57.4 Å². The Balaban J connectivity index is 1.68. The molecule has 0 amide bonds. The van der Waals surface area contributed by atoms with E-state index in [-0.39, 0.29) is 28.2 Å². The van der Waals surface area contributed by atoms with Crippen LogP contribution < -0.4 is 4.72 Å². The highest BCUT2D eigenvalue weighted by Gasteiger charge is 2.33. The van der Waals surface area contributed by atoms with Crippen LogP contribution in [0.25, 0.3) is 0 Å². The molecule has 1 heterocycles. The monoisotopic (exact) mass is 464 g/mol. The van der Waals surface area contributed by atoms with Crippen LogP contribution in [0.2, 0.25) is 0 Å². The quantitative estimate of drug-likeness (QED) is 0.605. The number of Topliss-reactive ketones (excluding diaryl/α,β-unsaturated/α-hetero) is 1. The van der Waals surface area contributed by atoms with E-state index in [1.54, 1.807) is 24.3 Å². The summed E-state index contributed by atoms with van der Waals surface area (Å²) in [6.07, 6.45) is 2.77. The number of hydrogen-bond donors (Lipinski definition) is 1. The molecule has 3 rings (SSSR count). The van der Waals surface area contributed by atoms with Crippen molar-refractivity contribution < 1.29 is 21.6 Å². The first kappa shape index (κ1) is 23.6. The third-order valence-electron chi connectivity index (χ3n) is 5.54. The topological polar surface area (TPSA) is 101 Å². The van der Waals surface area contributed by atoms with Crippen molar-refractivity contribution in [2.75, 3.05) is 13.1 Å². The minimum Gasteiger partial charge on any atom is -0.295 e. The van der Waals surface area contributed by atoms with Crippen molar-refractivity contribution in [1.29, 1.82) is 0 Å². The van der Waals surface area contributed by atoms with Gasteiger partial charge in [0.15, 0.2) is 5.78 Å². The lowest BCUT2D eigenvalue weighted by atomic mass is 10.0. The predicted octanol–water partition coefficient (Wildman–Crippen LogP) is 3.11. The van der Waals surface area contributed by atoms with Crippen LogP contribution in [0.15, 0.2) is 58.3 Å². The minimum atomic E-state index is -3.74. The van der Waals surface area contributed by atoms with Gasteiger partial charge in [0.2, 0.25) is 20.0 Å². The summed E-state index contributed by atoms with van der Waals surface area (Å²) in [6.45, 7) is 3.88. The normalized spacial score (nSPS) is 18.1. The van der Waals surface area contributed by atoms with Crippen molar-refractivity contribution in [2.45, 2.75) is 55.4 Å². The average Bonchev–Trinajstić information content (AvgIpc) is 2.74. The third kappa shape index (κ3) is 5.60. The first-order valence-electron chi connectivity index (χ1n) is 10.3. The summed E-state index contributed by atoms with van der Waals surface area (Å²) in [4.78, 5) is 11.7. The molecule has 0 aliphatic carbocycles. The van der Waals surface area contributed by atoms with Crippen LogP contribution in [0.1, 0.15) is 48.5 Å². The van der Waals surface area contributed by atoms with Gasteiger partial charge in [-0.25, -0.2) is 21.6 Å². The van der Waals surface area contributed by atoms with Crippen LogP contribution in [0.3, 0.4) is 0 Å². The lowest BCUT2D eigenvalue weighted by Crippen LogP contribution is -2.45. The number of rotatable bonds is 8. The molecule has 2 aromatic carbocycles. The highest BCUT2D eigenvalue weighted by Crippen LogP contribution is 2.27. The number of carbonyl (C=O) groups is 1. The molecule has 31 heavy (non-hydrogen) atoms. The van der Waals surface area contributed by atoms with Crippen molar-refractivity contribution in [3.63, 3.8) is 0 Å². The Bertz CT molecular complexity index is 1130. The molecular formula is C22H28N2O5S2. The van der Waals surface area contributed by atoms with Crippen LogP contribution in [0.5, 0.6) is 0 Å². The van der Waals surface area contributed by atoms with Crippen LogP contribution in [0.4, 0.5) is 0 Å². The number of carbonyl (C=O) groups excluding carboxylic acids is 1. The molecular weight excluding hydrogens is 436 g/mol. The van der Waals surface area contributed by atoms with E-state index in [4.69, 9.17) is 0 Å². The fourth-order valence-electron chi connectivity index (χ4n) is 3.74. The lowest BCUT2D eigenvalue weighted by molar-refractivity contribution is 0.101. The van der Waals surface area contributed by atoms with Crippen LogP contribution in [0, 0.1) is 6.92 Å². The third-order valence-corrected chi connectivity index (χ3v) is 8.98. The van der Waals surface area contributed by atoms with Gasteiger partial charge >= 0.3 is 0 Å². The zero-order valence-corrected chi connectivity index (χ0v) is 19.4. The summed E-state index contributed by atoms with van der Waals surface area (Å²) in [5, 5.41) is 0. The van der Waals surface area contributed by atoms with Crippen molar-refractivity contribution >= 4 is 25.8 Å². The molecule has 0 saturated carbocycles. The molecule has 0 bridgehead atoms. The first-order chi connectivity index (χ1) is 14.6.